The third-order valence-electron chi connectivity index (χ3n) is 7.26. The normalized spacial score (nSPS) is 26.8. The average Bonchev–Trinajstić information content (AvgIpc) is 3.10. The zero-order chi connectivity index (χ0) is 20.5. The summed E-state index contributed by atoms with van der Waals surface area (Å²) in [5.41, 5.74) is 2.08. The largest absolute Gasteiger partial charge is 0.381 e. The molecule has 154 valence electrons. The van der Waals surface area contributed by atoms with Crippen LogP contribution >= 0.6 is 0 Å². The molecule has 0 bridgehead atoms. The highest BCUT2D eigenvalue weighted by atomic mass is 16.5. The predicted octanol–water partition coefficient (Wildman–Crippen LogP) is 1.78. The maximum atomic E-state index is 12.6. The Balaban J connectivity index is 1.40. The smallest absolute Gasteiger partial charge is 0.255 e. The molecule has 8 nitrogen and oxygen atoms in total. The summed E-state index contributed by atoms with van der Waals surface area (Å²) in [5, 5.41) is 17.6. The number of hydrogen-bond acceptors (Lipinski definition) is 6. The first-order valence-electron chi connectivity index (χ1n) is 10.7. The number of anilines is 1. The molecule has 1 saturated carbocycles. The van der Waals surface area contributed by atoms with Crippen molar-refractivity contribution >= 4 is 11.7 Å². The van der Waals surface area contributed by atoms with Crippen molar-refractivity contribution in [2.75, 3.05) is 31.2 Å². The summed E-state index contributed by atoms with van der Waals surface area (Å²) in [6.45, 7) is 5.93. The Morgan fingerprint density at radius 3 is 2.77 bits per heavy atom. The quantitative estimate of drug-likeness (QED) is 0.835. The third-order valence-corrected chi connectivity index (χ3v) is 7.26. The van der Waals surface area contributed by atoms with Crippen molar-refractivity contribution in [3.05, 3.63) is 35.3 Å². The maximum Gasteiger partial charge on any atom is 0.255 e. The second kappa shape index (κ2) is 6.29. The van der Waals surface area contributed by atoms with Gasteiger partial charge in [0.25, 0.3) is 5.91 Å². The van der Waals surface area contributed by atoms with E-state index in [0.29, 0.717) is 41.2 Å². The van der Waals surface area contributed by atoms with Crippen molar-refractivity contribution < 1.29 is 9.53 Å². The number of aromatic nitrogens is 3. The third kappa shape index (κ3) is 2.58. The summed E-state index contributed by atoms with van der Waals surface area (Å²) in [6, 6.07) is 6.40. The Bertz CT molecular complexity index is 1070. The second-order valence-electron chi connectivity index (χ2n) is 9.20. The minimum absolute atomic E-state index is 0.131. The lowest BCUT2D eigenvalue weighted by molar-refractivity contribution is 0.0965. The molecule has 4 aliphatic rings. The minimum atomic E-state index is -0.641. The summed E-state index contributed by atoms with van der Waals surface area (Å²) < 4.78 is 7.36. The maximum absolute atomic E-state index is 12.6. The van der Waals surface area contributed by atoms with Gasteiger partial charge < -0.3 is 15.0 Å². The van der Waals surface area contributed by atoms with Gasteiger partial charge in [-0.2, -0.15) is 10.4 Å². The van der Waals surface area contributed by atoms with Crippen LogP contribution in [-0.4, -0.2) is 47.0 Å². The van der Waals surface area contributed by atoms with E-state index in [-0.39, 0.29) is 5.91 Å². The number of nitrogens with zero attached hydrogens (tertiary/aromatic N) is 5. The number of fused-ring (bicyclic) bond motifs is 2. The van der Waals surface area contributed by atoms with Gasteiger partial charge in [-0.3, -0.25) is 9.78 Å². The molecule has 5 heterocycles. The van der Waals surface area contributed by atoms with Crippen LogP contribution in [0.2, 0.25) is 0 Å². The van der Waals surface area contributed by atoms with Crippen LogP contribution in [0.4, 0.5) is 5.82 Å². The van der Waals surface area contributed by atoms with Gasteiger partial charge in [0.05, 0.1) is 53.9 Å². The summed E-state index contributed by atoms with van der Waals surface area (Å²) in [6.07, 6.45) is 4.00. The molecule has 8 heteroatoms. The number of nitriles is 1. The molecule has 2 aromatic heterocycles. The first kappa shape index (κ1) is 17.9. The van der Waals surface area contributed by atoms with E-state index in [1.54, 1.807) is 4.68 Å². The van der Waals surface area contributed by atoms with Crippen molar-refractivity contribution in [1.29, 1.82) is 5.26 Å². The van der Waals surface area contributed by atoms with E-state index in [9.17, 15) is 10.1 Å². The Morgan fingerprint density at radius 1 is 1.30 bits per heavy atom. The van der Waals surface area contributed by atoms with Gasteiger partial charge >= 0.3 is 0 Å². The average molecular weight is 404 g/mol. The molecule has 3 fully saturated rings. The standard InChI is InChI=1S/C22H24N6O2/c1-22(12-23,15-2-3-15)18-6-17(20-16(25-18)7-24-21(20)29)28-5-4-19(26-28)27-8-13-10-30-11-14(13)9-27/h4-6,13-15H,2-3,7-11H2,1H3,(H,24,29)/t13-,14+,22?. The van der Waals surface area contributed by atoms with Gasteiger partial charge in [0.2, 0.25) is 0 Å². The van der Waals surface area contributed by atoms with E-state index in [4.69, 9.17) is 14.8 Å². The number of carbonyl (C=O) groups excluding carboxylic acids is 1. The molecule has 6 rings (SSSR count). The Hall–Kier alpha value is -2.92. The molecule has 2 aromatic rings. The molecule has 3 atom stereocenters. The minimum Gasteiger partial charge on any atom is -0.381 e. The van der Waals surface area contributed by atoms with Crippen molar-refractivity contribution in [3.8, 4) is 11.8 Å². The molecular weight excluding hydrogens is 380 g/mol. The van der Waals surface area contributed by atoms with Crippen molar-refractivity contribution in [2.45, 2.75) is 31.7 Å². The second-order valence-corrected chi connectivity index (χ2v) is 9.20. The van der Waals surface area contributed by atoms with E-state index >= 15 is 0 Å². The van der Waals surface area contributed by atoms with Crippen molar-refractivity contribution in [1.82, 2.24) is 20.1 Å². The van der Waals surface area contributed by atoms with E-state index in [2.05, 4.69) is 16.3 Å². The predicted molar refractivity (Wildman–Crippen MR) is 108 cm³/mol. The summed E-state index contributed by atoms with van der Waals surface area (Å²) in [7, 11) is 0. The van der Waals surface area contributed by atoms with Gasteiger partial charge in [-0.1, -0.05) is 0 Å². The van der Waals surface area contributed by atoms with Gasteiger partial charge in [-0.25, -0.2) is 4.68 Å². The molecule has 1 amide bonds. The molecule has 30 heavy (non-hydrogen) atoms. The fourth-order valence-electron chi connectivity index (χ4n) is 5.17. The van der Waals surface area contributed by atoms with Crippen LogP contribution in [0, 0.1) is 29.1 Å². The van der Waals surface area contributed by atoms with Crippen LogP contribution in [-0.2, 0) is 16.7 Å². The molecule has 3 aliphatic heterocycles. The fraction of sp³-hybridized carbons (Fsp3) is 0.545. The molecular formula is C22H24N6O2. The van der Waals surface area contributed by atoms with Gasteiger partial charge in [0.15, 0.2) is 5.82 Å². The molecule has 0 spiro atoms. The Labute approximate surface area is 174 Å². The van der Waals surface area contributed by atoms with E-state index in [1.165, 1.54) is 0 Å². The highest BCUT2D eigenvalue weighted by Gasteiger charge is 2.45. The van der Waals surface area contributed by atoms with Crippen LogP contribution in [0.15, 0.2) is 18.3 Å². The molecule has 2 saturated heterocycles. The van der Waals surface area contributed by atoms with E-state index in [1.807, 2.05) is 25.3 Å². The summed E-state index contributed by atoms with van der Waals surface area (Å²) in [4.78, 5) is 19.6. The molecule has 0 aromatic carbocycles. The van der Waals surface area contributed by atoms with E-state index in [0.717, 1.165) is 50.7 Å². The number of pyridine rings is 1. The molecule has 1 unspecified atom stereocenters. The van der Waals surface area contributed by atoms with Gasteiger partial charge in [0.1, 0.15) is 0 Å². The van der Waals surface area contributed by atoms with Crippen LogP contribution in [0.3, 0.4) is 0 Å². The Morgan fingerprint density at radius 2 is 2.07 bits per heavy atom. The van der Waals surface area contributed by atoms with Crippen molar-refractivity contribution in [3.63, 3.8) is 0 Å². The molecule has 0 radical (unpaired) electrons. The van der Waals surface area contributed by atoms with Crippen LogP contribution in [0.1, 0.15) is 41.5 Å². The molecule has 1 N–H and O–H groups in total. The molecule has 1 aliphatic carbocycles. The zero-order valence-electron chi connectivity index (χ0n) is 17.0. The summed E-state index contributed by atoms with van der Waals surface area (Å²) in [5.74, 6) is 2.26. The first-order valence-corrected chi connectivity index (χ1v) is 10.7. The monoisotopic (exact) mass is 404 g/mol. The number of carbonyl (C=O) groups is 1. The highest BCUT2D eigenvalue weighted by Crippen LogP contribution is 2.47. The van der Waals surface area contributed by atoms with Gasteiger partial charge in [0, 0.05) is 37.2 Å². The number of rotatable bonds is 4. The van der Waals surface area contributed by atoms with Crippen molar-refractivity contribution in [2.24, 2.45) is 17.8 Å². The Kier molecular flexibility index (Phi) is 3.75. The summed E-state index contributed by atoms with van der Waals surface area (Å²) >= 11 is 0. The van der Waals surface area contributed by atoms with Crippen LogP contribution in [0.5, 0.6) is 0 Å². The lowest BCUT2D eigenvalue weighted by Crippen LogP contribution is -2.25. The lowest BCUT2D eigenvalue weighted by atomic mass is 9.82. The van der Waals surface area contributed by atoms with E-state index < -0.39 is 5.41 Å². The zero-order valence-corrected chi connectivity index (χ0v) is 17.0. The van der Waals surface area contributed by atoms with Gasteiger partial charge in [-0.15, -0.1) is 0 Å². The van der Waals surface area contributed by atoms with Crippen LogP contribution < -0.4 is 10.2 Å². The number of ether oxygens (including phenoxy) is 1. The fourth-order valence-corrected chi connectivity index (χ4v) is 5.17. The lowest BCUT2D eigenvalue weighted by Gasteiger charge is -2.22. The first-order chi connectivity index (χ1) is 14.6. The number of amides is 1. The number of hydrogen-bond donors (Lipinski definition) is 1. The van der Waals surface area contributed by atoms with Crippen LogP contribution in [0.25, 0.3) is 5.69 Å². The SMILES string of the molecule is CC(C#N)(c1cc(-n2ccc(N3C[C@H]4COC[C@H]4C3)n2)c2c(n1)CNC2=O)C1CC1. The highest BCUT2D eigenvalue weighted by molar-refractivity contribution is 6.01. The van der Waals surface area contributed by atoms with Gasteiger partial charge in [-0.05, 0) is 31.7 Å². The number of nitrogens with one attached hydrogen (secondary N) is 1. The topological polar surface area (TPSA) is 96.1 Å².